The van der Waals surface area contributed by atoms with E-state index in [2.05, 4.69) is 10.4 Å². The molecule has 0 aliphatic rings. The van der Waals surface area contributed by atoms with Crippen LogP contribution >= 0.6 is 0 Å². The number of hydrogen-bond acceptors (Lipinski definition) is 3. The van der Waals surface area contributed by atoms with Gasteiger partial charge in [0.25, 0.3) is 0 Å². The van der Waals surface area contributed by atoms with Gasteiger partial charge in [-0.15, -0.1) is 0 Å². The van der Waals surface area contributed by atoms with Crippen LogP contribution in [-0.4, -0.2) is 21.7 Å². The molecule has 0 aliphatic carbocycles. The minimum absolute atomic E-state index is 0.186. The highest BCUT2D eigenvalue weighted by atomic mass is 16.2. The SMILES string of the molecule is CC[C@@H](N)C(=O)Nc1ccn(CC)n1. The van der Waals surface area contributed by atoms with E-state index in [9.17, 15) is 4.79 Å². The van der Waals surface area contributed by atoms with Crippen LogP contribution in [0.2, 0.25) is 0 Å². The van der Waals surface area contributed by atoms with E-state index in [0.29, 0.717) is 12.2 Å². The molecule has 14 heavy (non-hydrogen) atoms. The van der Waals surface area contributed by atoms with E-state index < -0.39 is 6.04 Å². The second kappa shape index (κ2) is 4.76. The summed E-state index contributed by atoms with van der Waals surface area (Å²) in [6.45, 7) is 4.64. The Balaban J connectivity index is 2.56. The molecule has 1 aromatic heterocycles. The average molecular weight is 196 g/mol. The lowest BCUT2D eigenvalue weighted by Gasteiger charge is -2.07. The number of amides is 1. The number of nitrogens with one attached hydrogen (secondary N) is 1. The zero-order valence-corrected chi connectivity index (χ0v) is 8.53. The van der Waals surface area contributed by atoms with Gasteiger partial charge in [-0.05, 0) is 13.3 Å². The topological polar surface area (TPSA) is 72.9 Å². The van der Waals surface area contributed by atoms with Gasteiger partial charge in [0.05, 0.1) is 6.04 Å². The number of carbonyl (C=O) groups excluding carboxylic acids is 1. The predicted octanol–water partition coefficient (Wildman–Crippen LogP) is 0.579. The molecule has 1 heterocycles. The Kier molecular flexibility index (Phi) is 3.64. The molecule has 1 atom stereocenters. The number of nitrogens with two attached hydrogens (primary N) is 1. The van der Waals surface area contributed by atoms with E-state index in [1.165, 1.54) is 0 Å². The Bertz CT molecular complexity index is 308. The summed E-state index contributed by atoms with van der Waals surface area (Å²) in [5.74, 6) is 0.370. The first-order valence-corrected chi connectivity index (χ1v) is 4.77. The van der Waals surface area contributed by atoms with Gasteiger partial charge in [-0.1, -0.05) is 6.92 Å². The molecule has 5 heteroatoms. The summed E-state index contributed by atoms with van der Waals surface area (Å²) in [5.41, 5.74) is 5.56. The van der Waals surface area contributed by atoms with Crippen molar-refractivity contribution in [2.24, 2.45) is 5.73 Å². The molecule has 0 unspecified atom stereocenters. The summed E-state index contributed by atoms with van der Waals surface area (Å²) in [7, 11) is 0. The van der Waals surface area contributed by atoms with Crippen molar-refractivity contribution in [3.05, 3.63) is 12.3 Å². The van der Waals surface area contributed by atoms with Crippen LogP contribution in [0.25, 0.3) is 0 Å². The first-order chi connectivity index (χ1) is 6.67. The fraction of sp³-hybridized carbons (Fsp3) is 0.556. The van der Waals surface area contributed by atoms with Crippen LogP contribution in [0.1, 0.15) is 20.3 Å². The summed E-state index contributed by atoms with van der Waals surface area (Å²) in [6, 6.07) is 1.30. The Morgan fingerprint density at radius 2 is 2.43 bits per heavy atom. The van der Waals surface area contributed by atoms with Gasteiger partial charge in [-0.25, -0.2) is 0 Å². The Morgan fingerprint density at radius 3 is 2.93 bits per heavy atom. The highest BCUT2D eigenvalue weighted by molar-refractivity contribution is 5.93. The molecular formula is C9H16N4O. The molecule has 0 fully saturated rings. The van der Waals surface area contributed by atoms with Crippen molar-refractivity contribution < 1.29 is 4.79 Å². The lowest BCUT2D eigenvalue weighted by molar-refractivity contribution is -0.117. The lowest BCUT2D eigenvalue weighted by atomic mass is 10.2. The second-order valence-corrected chi connectivity index (χ2v) is 3.06. The van der Waals surface area contributed by atoms with Gasteiger partial charge in [0, 0.05) is 18.8 Å². The molecule has 0 saturated heterocycles. The first kappa shape index (κ1) is 10.7. The number of nitrogens with zero attached hydrogens (tertiary/aromatic N) is 2. The van der Waals surface area contributed by atoms with E-state index in [1.54, 1.807) is 10.7 Å². The third-order valence-corrected chi connectivity index (χ3v) is 1.99. The van der Waals surface area contributed by atoms with E-state index >= 15 is 0 Å². The second-order valence-electron chi connectivity index (χ2n) is 3.06. The summed E-state index contributed by atoms with van der Waals surface area (Å²) < 4.78 is 1.74. The van der Waals surface area contributed by atoms with Gasteiger partial charge in [0.15, 0.2) is 5.82 Å². The van der Waals surface area contributed by atoms with Crippen molar-refractivity contribution in [3.8, 4) is 0 Å². The van der Waals surface area contributed by atoms with Crippen molar-refractivity contribution in [1.29, 1.82) is 0 Å². The predicted molar refractivity (Wildman–Crippen MR) is 54.8 cm³/mol. The molecule has 0 spiro atoms. The third-order valence-electron chi connectivity index (χ3n) is 1.99. The normalized spacial score (nSPS) is 12.5. The standard InChI is InChI=1S/C9H16N4O/c1-3-7(10)9(14)11-8-5-6-13(4-2)12-8/h5-7H,3-4,10H2,1-2H3,(H,11,12,14)/t7-/m1/s1. The molecule has 78 valence electrons. The van der Waals surface area contributed by atoms with Gasteiger partial charge in [-0.2, -0.15) is 5.10 Å². The van der Waals surface area contributed by atoms with Crippen LogP contribution in [0.5, 0.6) is 0 Å². The summed E-state index contributed by atoms with van der Waals surface area (Å²) in [6.07, 6.45) is 2.44. The van der Waals surface area contributed by atoms with Crippen molar-refractivity contribution in [2.75, 3.05) is 5.32 Å². The van der Waals surface area contributed by atoms with Crippen molar-refractivity contribution in [1.82, 2.24) is 9.78 Å². The highest BCUT2D eigenvalue weighted by Crippen LogP contribution is 2.03. The number of anilines is 1. The smallest absolute Gasteiger partial charge is 0.242 e. The zero-order chi connectivity index (χ0) is 10.6. The number of hydrogen-bond donors (Lipinski definition) is 2. The minimum Gasteiger partial charge on any atom is -0.320 e. The van der Waals surface area contributed by atoms with Gasteiger partial charge in [0.1, 0.15) is 0 Å². The molecular weight excluding hydrogens is 180 g/mol. The van der Waals surface area contributed by atoms with Gasteiger partial charge < -0.3 is 11.1 Å². The molecule has 0 aliphatic heterocycles. The highest BCUT2D eigenvalue weighted by Gasteiger charge is 2.11. The van der Waals surface area contributed by atoms with Crippen LogP contribution in [0.15, 0.2) is 12.3 Å². The molecule has 3 N–H and O–H groups in total. The van der Waals surface area contributed by atoms with E-state index in [-0.39, 0.29) is 5.91 Å². The Morgan fingerprint density at radius 1 is 1.71 bits per heavy atom. The molecule has 1 aromatic rings. The summed E-state index contributed by atoms with van der Waals surface area (Å²) in [4.78, 5) is 11.4. The fourth-order valence-electron chi connectivity index (χ4n) is 1.01. The molecule has 0 bridgehead atoms. The average Bonchev–Trinajstić information content (AvgIpc) is 2.64. The maximum Gasteiger partial charge on any atom is 0.242 e. The number of aromatic nitrogens is 2. The maximum absolute atomic E-state index is 11.4. The fourth-order valence-corrected chi connectivity index (χ4v) is 1.01. The summed E-state index contributed by atoms with van der Waals surface area (Å²) in [5, 5.41) is 6.77. The van der Waals surface area contributed by atoms with Crippen LogP contribution in [-0.2, 0) is 11.3 Å². The number of carbonyl (C=O) groups is 1. The first-order valence-electron chi connectivity index (χ1n) is 4.77. The number of aryl methyl sites for hydroxylation is 1. The minimum atomic E-state index is -0.457. The molecule has 0 radical (unpaired) electrons. The quantitative estimate of drug-likeness (QED) is 0.739. The zero-order valence-electron chi connectivity index (χ0n) is 8.53. The van der Waals surface area contributed by atoms with Gasteiger partial charge >= 0.3 is 0 Å². The Hall–Kier alpha value is -1.36. The van der Waals surface area contributed by atoms with E-state index in [1.807, 2.05) is 20.0 Å². The van der Waals surface area contributed by atoms with E-state index in [4.69, 9.17) is 5.73 Å². The van der Waals surface area contributed by atoms with Crippen LogP contribution in [0.3, 0.4) is 0 Å². The largest absolute Gasteiger partial charge is 0.320 e. The molecule has 1 amide bonds. The van der Waals surface area contributed by atoms with Crippen molar-refractivity contribution >= 4 is 11.7 Å². The molecule has 0 aromatic carbocycles. The monoisotopic (exact) mass is 196 g/mol. The van der Waals surface area contributed by atoms with Crippen molar-refractivity contribution in [3.63, 3.8) is 0 Å². The van der Waals surface area contributed by atoms with Gasteiger partial charge in [0.2, 0.25) is 5.91 Å². The maximum atomic E-state index is 11.4. The van der Waals surface area contributed by atoms with Crippen LogP contribution < -0.4 is 11.1 Å². The Labute approximate surface area is 83.3 Å². The van der Waals surface area contributed by atoms with E-state index in [0.717, 1.165) is 6.54 Å². The summed E-state index contributed by atoms with van der Waals surface area (Å²) >= 11 is 0. The third kappa shape index (κ3) is 2.56. The van der Waals surface area contributed by atoms with Crippen molar-refractivity contribution in [2.45, 2.75) is 32.9 Å². The van der Waals surface area contributed by atoms with Crippen LogP contribution in [0, 0.1) is 0 Å². The molecule has 1 rings (SSSR count). The van der Waals surface area contributed by atoms with Gasteiger partial charge in [-0.3, -0.25) is 9.48 Å². The van der Waals surface area contributed by atoms with Crippen LogP contribution in [0.4, 0.5) is 5.82 Å². The molecule has 0 saturated carbocycles. The number of rotatable bonds is 4. The molecule has 5 nitrogen and oxygen atoms in total. The lowest BCUT2D eigenvalue weighted by Crippen LogP contribution is -2.34.